The first-order valence-electron chi connectivity index (χ1n) is 5.48. The second kappa shape index (κ2) is 6.06. The van der Waals surface area contributed by atoms with Crippen molar-refractivity contribution in [3.63, 3.8) is 0 Å². The normalized spacial score (nSPS) is 12.4. The molecule has 2 aromatic rings. The van der Waals surface area contributed by atoms with Crippen molar-refractivity contribution in [3.05, 3.63) is 49.6 Å². The molecule has 0 spiro atoms. The Balaban J connectivity index is 2.13. The smallest absolute Gasteiger partial charge is 0.124 e. The average molecular weight is 347 g/mol. The zero-order valence-electron chi connectivity index (χ0n) is 9.82. The second-order valence-corrected chi connectivity index (χ2v) is 6.95. The fourth-order valence-corrected chi connectivity index (χ4v) is 3.16. The van der Waals surface area contributed by atoms with Gasteiger partial charge in [0.15, 0.2) is 0 Å². The number of benzene rings is 1. The van der Waals surface area contributed by atoms with Gasteiger partial charge in [0, 0.05) is 21.5 Å². The van der Waals surface area contributed by atoms with Gasteiger partial charge < -0.3 is 10.5 Å². The summed E-state index contributed by atoms with van der Waals surface area (Å²) < 4.78 is 6.91. The average Bonchev–Trinajstić information content (AvgIpc) is 2.73. The third-order valence-corrected chi connectivity index (χ3v) is 4.29. The van der Waals surface area contributed by atoms with E-state index in [2.05, 4.69) is 15.9 Å². The molecule has 0 aliphatic rings. The van der Waals surface area contributed by atoms with Crippen molar-refractivity contribution in [2.75, 3.05) is 0 Å². The van der Waals surface area contributed by atoms with Crippen molar-refractivity contribution >= 4 is 38.9 Å². The number of hydrogen-bond donors (Lipinski definition) is 1. The zero-order valence-corrected chi connectivity index (χ0v) is 13.0. The van der Waals surface area contributed by atoms with Crippen molar-refractivity contribution in [3.8, 4) is 5.75 Å². The number of ether oxygens (including phenoxy) is 1. The fourth-order valence-electron chi connectivity index (χ4n) is 1.58. The summed E-state index contributed by atoms with van der Waals surface area (Å²) >= 11 is 11.1. The molecule has 1 heterocycles. The topological polar surface area (TPSA) is 35.2 Å². The van der Waals surface area contributed by atoms with Crippen LogP contribution < -0.4 is 10.5 Å². The van der Waals surface area contributed by atoms with Crippen LogP contribution in [0.2, 0.25) is 5.02 Å². The quantitative estimate of drug-likeness (QED) is 0.866. The largest absolute Gasteiger partial charge is 0.488 e. The number of thiophene rings is 1. The molecule has 0 saturated carbocycles. The maximum absolute atomic E-state index is 5.97. The predicted octanol–water partition coefficient (Wildman–Crippen LogP) is 4.76. The molecule has 0 saturated heterocycles. The first-order valence-corrected chi connectivity index (χ1v) is 7.47. The summed E-state index contributed by atoms with van der Waals surface area (Å²) in [6.45, 7) is 2.46. The van der Waals surface area contributed by atoms with Crippen LogP contribution in [-0.2, 0) is 6.61 Å². The van der Waals surface area contributed by atoms with Crippen LogP contribution in [0.4, 0.5) is 0 Å². The van der Waals surface area contributed by atoms with Crippen LogP contribution in [0.3, 0.4) is 0 Å². The Hall–Kier alpha value is -0.550. The standard InChI is InChI=1S/C13H13BrClNOS/c1-8(16)11-6-9(15)2-4-12(11)17-7-10-3-5-13(14)18-10/h2-6,8H,7,16H2,1H3. The summed E-state index contributed by atoms with van der Waals surface area (Å²) in [6.07, 6.45) is 0. The molecule has 0 aliphatic carbocycles. The molecule has 2 rings (SSSR count). The molecule has 0 radical (unpaired) electrons. The lowest BCUT2D eigenvalue weighted by atomic mass is 10.1. The predicted molar refractivity (Wildman–Crippen MR) is 80.4 cm³/mol. The Morgan fingerprint density at radius 2 is 2.17 bits per heavy atom. The van der Waals surface area contributed by atoms with Crippen molar-refractivity contribution in [2.24, 2.45) is 5.73 Å². The molecule has 5 heteroatoms. The van der Waals surface area contributed by atoms with Crippen LogP contribution in [-0.4, -0.2) is 0 Å². The summed E-state index contributed by atoms with van der Waals surface area (Å²) in [4.78, 5) is 1.16. The zero-order chi connectivity index (χ0) is 13.1. The second-order valence-electron chi connectivity index (χ2n) is 3.97. The van der Waals surface area contributed by atoms with E-state index in [4.69, 9.17) is 22.1 Å². The van der Waals surface area contributed by atoms with Gasteiger partial charge in [0.25, 0.3) is 0 Å². The molecule has 0 aliphatic heterocycles. The van der Waals surface area contributed by atoms with Crippen molar-refractivity contribution in [2.45, 2.75) is 19.6 Å². The van der Waals surface area contributed by atoms with Crippen molar-refractivity contribution in [1.29, 1.82) is 0 Å². The van der Waals surface area contributed by atoms with E-state index in [0.29, 0.717) is 11.6 Å². The van der Waals surface area contributed by atoms with Crippen LogP contribution in [0.1, 0.15) is 23.4 Å². The highest BCUT2D eigenvalue weighted by Gasteiger charge is 2.09. The molecule has 18 heavy (non-hydrogen) atoms. The Labute approximate surface area is 124 Å². The monoisotopic (exact) mass is 345 g/mol. The van der Waals surface area contributed by atoms with Crippen LogP contribution in [0.15, 0.2) is 34.1 Å². The Morgan fingerprint density at radius 3 is 2.78 bits per heavy atom. The van der Waals surface area contributed by atoms with Crippen LogP contribution in [0.5, 0.6) is 5.75 Å². The van der Waals surface area contributed by atoms with Gasteiger partial charge in [-0.1, -0.05) is 11.6 Å². The molecular formula is C13H13BrClNOS. The molecule has 1 atom stereocenters. The minimum atomic E-state index is -0.103. The minimum absolute atomic E-state index is 0.103. The number of nitrogens with two attached hydrogens (primary N) is 1. The number of rotatable bonds is 4. The molecule has 0 amide bonds. The fraction of sp³-hybridized carbons (Fsp3) is 0.231. The van der Waals surface area contributed by atoms with Gasteiger partial charge in [0.2, 0.25) is 0 Å². The lowest BCUT2D eigenvalue weighted by Gasteiger charge is -2.13. The lowest BCUT2D eigenvalue weighted by molar-refractivity contribution is 0.305. The summed E-state index contributed by atoms with van der Waals surface area (Å²) in [5, 5.41) is 0.675. The van der Waals surface area contributed by atoms with Gasteiger partial charge in [-0.3, -0.25) is 0 Å². The maximum Gasteiger partial charge on any atom is 0.124 e. The highest BCUT2D eigenvalue weighted by Crippen LogP contribution is 2.29. The molecule has 2 N–H and O–H groups in total. The van der Waals surface area contributed by atoms with E-state index in [-0.39, 0.29) is 6.04 Å². The molecule has 1 unspecified atom stereocenters. The number of hydrogen-bond acceptors (Lipinski definition) is 3. The van der Waals surface area contributed by atoms with E-state index in [1.807, 2.05) is 37.3 Å². The molecular weight excluding hydrogens is 334 g/mol. The van der Waals surface area contributed by atoms with Gasteiger partial charge >= 0.3 is 0 Å². The summed E-state index contributed by atoms with van der Waals surface area (Å²) in [5.41, 5.74) is 6.84. The van der Waals surface area contributed by atoms with Crippen molar-refractivity contribution in [1.82, 2.24) is 0 Å². The highest BCUT2D eigenvalue weighted by atomic mass is 79.9. The van der Waals surface area contributed by atoms with E-state index in [1.54, 1.807) is 11.3 Å². The van der Waals surface area contributed by atoms with Gasteiger partial charge in [-0.15, -0.1) is 11.3 Å². The Bertz CT molecular complexity index is 542. The molecule has 0 bridgehead atoms. The molecule has 96 valence electrons. The highest BCUT2D eigenvalue weighted by molar-refractivity contribution is 9.11. The van der Waals surface area contributed by atoms with Gasteiger partial charge in [-0.2, -0.15) is 0 Å². The Morgan fingerprint density at radius 1 is 1.39 bits per heavy atom. The van der Waals surface area contributed by atoms with E-state index in [1.165, 1.54) is 0 Å². The maximum atomic E-state index is 5.97. The van der Waals surface area contributed by atoms with Gasteiger partial charge in [-0.05, 0) is 53.2 Å². The van der Waals surface area contributed by atoms with Crippen molar-refractivity contribution < 1.29 is 4.74 Å². The molecule has 1 aromatic heterocycles. The summed E-state index contributed by atoms with van der Waals surface area (Å²) in [6, 6.07) is 9.48. The van der Waals surface area contributed by atoms with Crippen LogP contribution >= 0.6 is 38.9 Å². The van der Waals surface area contributed by atoms with E-state index < -0.39 is 0 Å². The molecule has 2 nitrogen and oxygen atoms in total. The lowest BCUT2D eigenvalue weighted by Crippen LogP contribution is -2.07. The SMILES string of the molecule is CC(N)c1cc(Cl)ccc1OCc1ccc(Br)s1. The van der Waals surface area contributed by atoms with Gasteiger partial charge in [0.05, 0.1) is 3.79 Å². The minimum Gasteiger partial charge on any atom is -0.488 e. The number of halogens is 2. The first-order chi connectivity index (χ1) is 8.56. The molecule has 1 aromatic carbocycles. The van der Waals surface area contributed by atoms with Crippen LogP contribution in [0.25, 0.3) is 0 Å². The van der Waals surface area contributed by atoms with E-state index in [0.717, 1.165) is 20.0 Å². The summed E-state index contributed by atoms with van der Waals surface area (Å²) in [7, 11) is 0. The van der Waals surface area contributed by atoms with Gasteiger partial charge in [-0.25, -0.2) is 0 Å². The first kappa shape index (κ1) is 13.9. The van der Waals surface area contributed by atoms with E-state index >= 15 is 0 Å². The van der Waals surface area contributed by atoms with Crippen LogP contribution in [0, 0.1) is 0 Å². The molecule has 0 fully saturated rings. The van der Waals surface area contributed by atoms with E-state index in [9.17, 15) is 0 Å². The van der Waals surface area contributed by atoms with Gasteiger partial charge in [0.1, 0.15) is 12.4 Å². The summed E-state index contributed by atoms with van der Waals surface area (Å²) in [5.74, 6) is 0.791. The third-order valence-electron chi connectivity index (χ3n) is 2.46. The third kappa shape index (κ3) is 3.48. The Kier molecular flexibility index (Phi) is 4.67.